The predicted octanol–water partition coefficient (Wildman–Crippen LogP) is -1.34. The van der Waals surface area contributed by atoms with Crippen molar-refractivity contribution in [1.82, 2.24) is 15.3 Å². The standard InChI is InChI=1S/C7H9N3O3/c1-8-7(12)6-5(11)3-4-10(9-6)13-2/h3-4H,1-2H3,(H,8,12). The average Bonchev–Trinajstić information content (AvgIpc) is 2.17. The lowest BCUT2D eigenvalue weighted by Gasteiger charge is -2.02. The Morgan fingerprint density at radius 1 is 1.69 bits per heavy atom. The Bertz CT molecular complexity index is 371. The van der Waals surface area contributed by atoms with Gasteiger partial charge in [-0.05, 0) is 0 Å². The van der Waals surface area contributed by atoms with Crippen LogP contribution < -0.4 is 15.6 Å². The van der Waals surface area contributed by atoms with E-state index in [1.807, 2.05) is 0 Å². The van der Waals surface area contributed by atoms with Crippen molar-refractivity contribution in [3.8, 4) is 0 Å². The van der Waals surface area contributed by atoms with Gasteiger partial charge in [0.1, 0.15) is 7.11 Å². The molecule has 6 nitrogen and oxygen atoms in total. The van der Waals surface area contributed by atoms with Crippen LogP contribution in [-0.2, 0) is 0 Å². The third-order valence-corrected chi connectivity index (χ3v) is 1.41. The molecule has 6 heteroatoms. The highest BCUT2D eigenvalue weighted by Gasteiger charge is 2.10. The molecule has 1 heterocycles. The molecule has 0 aliphatic rings. The van der Waals surface area contributed by atoms with Crippen LogP contribution in [0.25, 0.3) is 0 Å². The second kappa shape index (κ2) is 3.70. The van der Waals surface area contributed by atoms with E-state index in [4.69, 9.17) is 4.84 Å². The molecule has 13 heavy (non-hydrogen) atoms. The molecule has 70 valence electrons. The molecule has 0 aliphatic heterocycles. The van der Waals surface area contributed by atoms with E-state index < -0.39 is 11.3 Å². The molecule has 0 radical (unpaired) electrons. The summed E-state index contributed by atoms with van der Waals surface area (Å²) in [5.74, 6) is -0.531. The zero-order valence-electron chi connectivity index (χ0n) is 7.27. The fraction of sp³-hybridized carbons (Fsp3) is 0.286. The zero-order chi connectivity index (χ0) is 9.84. The van der Waals surface area contributed by atoms with Crippen LogP contribution in [0.1, 0.15) is 10.5 Å². The van der Waals surface area contributed by atoms with Crippen LogP contribution in [0.15, 0.2) is 17.1 Å². The highest BCUT2D eigenvalue weighted by Crippen LogP contribution is 1.83. The Balaban J connectivity index is 3.19. The number of amides is 1. The summed E-state index contributed by atoms with van der Waals surface area (Å²) in [7, 11) is 2.80. The van der Waals surface area contributed by atoms with E-state index in [2.05, 4.69) is 10.4 Å². The smallest absolute Gasteiger partial charge is 0.275 e. The lowest BCUT2D eigenvalue weighted by atomic mass is 10.3. The Morgan fingerprint density at radius 3 is 2.92 bits per heavy atom. The lowest BCUT2D eigenvalue weighted by molar-refractivity contribution is 0.0926. The largest absolute Gasteiger partial charge is 0.400 e. The lowest BCUT2D eigenvalue weighted by Crippen LogP contribution is -2.29. The van der Waals surface area contributed by atoms with Crippen molar-refractivity contribution in [3.63, 3.8) is 0 Å². The molecule has 0 aromatic carbocycles. The first-order chi connectivity index (χ1) is 6.19. The predicted molar refractivity (Wildman–Crippen MR) is 44.4 cm³/mol. The van der Waals surface area contributed by atoms with E-state index in [9.17, 15) is 9.59 Å². The molecular formula is C7H9N3O3. The summed E-state index contributed by atoms with van der Waals surface area (Å²) < 4.78 is 0. The van der Waals surface area contributed by atoms with Crippen LogP contribution in [0.4, 0.5) is 0 Å². The Morgan fingerprint density at radius 2 is 2.38 bits per heavy atom. The number of hydrogen-bond acceptors (Lipinski definition) is 4. The first-order valence-corrected chi connectivity index (χ1v) is 3.55. The molecule has 0 bridgehead atoms. The van der Waals surface area contributed by atoms with Gasteiger partial charge in [0.2, 0.25) is 5.43 Å². The maximum absolute atomic E-state index is 11.1. The second-order valence-corrected chi connectivity index (χ2v) is 2.19. The molecule has 0 atom stereocenters. The van der Waals surface area contributed by atoms with E-state index in [-0.39, 0.29) is 5.69 Å². The fourth-order valence-corrected chi connectivity index (χ4v) is 0.769. The maximum Gasteiger partial charge on any atom is 0.275 e. The molecule has 0 unspecified atom stereocenters. The number of hydrogen-bond donors (Lipinski definition) is 1. The Kier molecular flexibility index (Phi) is 2.63. The molecule has 1 aromatic heterocycles. The molecular weight excluding hydrogens is 174 g/mol. The van der Waals surface area contributed by atoms with Gasteiger partial charge in [-0.25, -0.2) is 0 Å². The summed E-state index contributed by atoms with van der Waals surface area (Å²) in [6.45, 7) is 0. The van der Waals surface area contributed by atoms with Crippen LogP contribution in [-0.4, -0.2) is 30.0 Å². The van der Waals surface area contributed by atoms with Gasteiger partial charge in [0.25, 0.3) is 5.91 Å². The molecule has 1 aromatic rings. The normalized spacial score (nSPS) is 9.38. The van der Waals surface area contributed by atoms with Crippen molar-refractivity contribution in [3.05, 3.63) is 28.2 Å². The van der Waals surface area contributed by atoms with E-state index in [1.54, 1.807) is 0 Å². The van der Waals surface area contributed by atoms with Gasteiger partial charge in [0.05, 0.1) is 6.20 Å². The minimum atomic E-state index is -0.531. The first kappa shape index (κ1) is 9.24. The molecule has 0 spiro atoms. The van der Waals surface area contributed by atoms with Gasteiger partial charge in [-0.3, -0.25) is 9.59 Å². The molecule has 0 saturated heterocycles. The van der Waals surface area contributed by atoms with Crippen molar-refractivity contribution in [2.24, 2.45) is 0 Å². The van der Waals surface area contributed by atoms with E-state index in [0.717, 1.165) is 4.85 Å². The van der Waals surface area contributed by atoms with Crippen molar-refractivity contribution in [2.75, 3.05) is 14.2 Å². The van der Waals surface area contributed by atoms with Crippen LogP contribution in [0.5, 0.6) is 0 Å². The Hall–Kier alpha value is -1.85. The van der Waals surface area contributed by atoms with Gasteiger partial charge in [-0.2, -0.15) is 0 Å². The first-order valence-electron chi connectivity index (χ1n) is 3.55. The highest BCUT2D eigenvalue weighted by molar-refractivity contribution is 5.91. The van der Waals surface area contributed by atoms with E-state index >= 15 is 0 Å². The van der Waals surface area contributed by atoms with Crippen LogP contribution in [0.2, 0.25) is 0 Å². The number of rotatable bonds is 2. The number of carbonyl (C=O) groups is 1. The summed E-state index contributed by atoms with van der Waals surface area (Å²) in [6.07, 6.45) is 1.33. The summed E-state index contributed by atoms with van der Waals surface area (Å²) in [6, 6.07) is 1.21. The molecule has 0 fully saturated rings. The molecule has 0 saturated carbocycles. The van der Waals surface area contributed by atoms with Crippen LogP contribution >= 0.6 is 0 Å². The van der Waals surface area contributed by atoms with Crippen molar-refractivity contribution < 1.29 is 9.63 Å². The van der Waals surface area contributed by atoms with Crippen molar-refractivity contribution >= 4 is 5.91 Å². The topological polar surface area (TPSA) is 73.2 Å². The molecule has 1 rings (SSSR count). The monoisotopic (exact) mass is 183 g/mol. The molecule has 0 aliphatic carbocycles. The number of carbonyl (C=O) groups excluding carboxylic acids is 1. The maximum atomic E-state index is 11.1. The molecule has 1 N–H and O–H groups in total. The summed E-state index contributed by atoms with van der Waals surface area (Å²) in [4.78, 5) is 27.9. The number of aromatic nitrogens is 2. The second-order valence-electron chi connectivity index (χ2n) is 2.19. The van der Waals surface area contributed by atoms with E-state index in [1.165, 1.54) is 26.4 Å². The van der Waals surface area contributed by atoms with Gasteiger partial charge in [-0.1, -0.05) is 0 Å². The third kappa shape index (κ3) is 1.84. The van der Waals surface area contributed by atoms with Gasteiger partial charge < -0.3 is 10.2 Å². The van der Waals surface area contributed by atoms with Crippen molar-refractivity contribution in [1.29, 1.82) is 0 Å². The summed E-state index contributed by atoms with van der Waals surface area (Å²) in [5.41, 5.74) is -0.625. The zero-order valence-corrected chi connectivity index (χ0v) is 7.27. The summed E-state index contributed by atoms with van der Waals surface area (Å²) >= 11 is 0. The van der Waals surface area contributed by atoms with Crippen LogP contribution in [0, 0.1) is 0 Å². The highest BCUT2D eigenvalue weighted by atomic mass is 16.7. The number of nitrogens with zero attached hydrogens (tertiary/aromatic N) is 2. The van der Waals surface area contributed by atoms with Gasteiger partial charge in [0, 0.05) is 13.1 Å². The van der Waals surface area contributed by atoms with E-state index in [0.29, 0.717) is 0 Å². The SMILES string of the molecule is CNC(=O)c1nn(OC)ccc1=O. The number of nitrogens with one attached hydrogen (secondary N) is 1. The quantitative estimate of drug-likeness (QED) is 0.616. The average molecular weight is 183 g/mol. The van der Waals surface area contributed by atoms with Gasteiger partial charge in [0.15, 0.2) is 5.69 Å². The van der Waals surface area contributed by atoms with Crippen LogP contribution in [0.3, 0.4) is 0 Å². The molecule has 1 amide bonds. The van der Waals surface area contributed by atoms with Gasteiger partial charge in [-0.15, -0.1) is 9.94 Å². The van der Waals surface area contributed by atoms with Gasteiger partial charge >= 0.3 is 0 Å². The minimum Gasteiger partial charge on any atom is -0.400 e. The Labute approximate surface area is 74.1 Å². The summed E-state index contributed by atoms with van der Waals surface area (Å²) in [5, 5.41) is 5.93. The fourth-order valence-electron chi connectivity index (χ4n) is 0.769. The van der Waals surface area contributed by atoms with Crippen molar-refractivity contribution in [2.45, 2.75) is 0 Å². The third-order valence-electron chi connectivity index (χ3n) is 1.41. The minimum absolute atomic E-state index is 0.188.